The maximum Gasteiger partial charge on any atom is 0.313 e. The molecule has 2 N–H and O–H groups in total. The van der Waals surface area contributed by atoms with Gasteiger partial charge in [-0.2, -0.15) is 0 Å². The van der Waals surface area contributed by atoms with Crippen molar-refractivity contribution >= 4 is 29.3 Å². The first-order valence-electron chi connectivity index (χ1n) is 6.12. The molecular formula is C13H14N4O3S. The van der Waals surface area contributed by atoms with E-state index in [-0.39, 0.29) is 11.7 Å². The fourth-order valence-corrected chi connectivity index (χ4v) is 2.47. The zero-order chi connectivity index (χ0) is 15.4. The Hall–Kier alpha value is -2.35. The van der Waals surface area contributed by atoms with E-state index in [9.17, 15) is 9.59 Å². The number of hydrogen-bond acceptors (Lipinski definition) is 5. The van der Waals surface area contributed by atoms with Gasteiger partial charge in [-0.1, -0.05) is 11.8 Å². The van der Waals surface area contributed by atoms with Crippen molar-refractivity contribution < 1.29 is 14.7 Å². The highest BCUT2D eigenvalue weighted by Crippen LogP contribution is 2.22. The maximum atomic E-state index is 11.0. The molecule has 0 bridgehead atoms. The lowest BCUT2D eigenvalue weighted by Crippen LogP contribution is -2.06. The van der Waals surface area contributed by atoms with Gasteiger partial charge in [0.2, 0.25) is 5.91 Å². The molecule has 0 fully saturated rings. The van der Waals surface area contributed by atoms with Gasteiger partial charge in [0, 0.05) is 18.3 Å². The van der Waals surface area contributed by atoms with E-state index < -0.39 is 5.97 Å². The Morgan fingerprint density at radius 2 is 1.95 bits per heavy atom. The SMILES string of the molecule is CC(=O)Nc1ccc(-n2c(C)nnc2SCC(=O)O)cc1. The van der Waals surface area contributed by atoms with Crippen molar-refractivity contribution in [2.24, 2.45) is 0 Å². The lowest BCUT2D eigenvalue weighted by atomic mass is 10.2. The monoisotopic (exact) mass is 306 g/mol. The first kappa shape index (κ1) is 15.0. The van der Waals surface area contributed by atoms with Crippen molar-refractivity contribution in [3.63, 3.8) is 0 Å². The van der Waals surface area contributed by atoms with Crippen LogP contribution in [0.4, 0.5) is 5.69 Å². The molecule has 0 atom stereocenters. The van der Waals surface area contributed by atoms with Gasteiger partial charge in [-0.05, 0) is 31.2 Å². The molecule has 0 aliphatic carbocycles. The van der Waals surface area contributed by atoms with Crippen molar-refractivity contribution in [3.05, 3.63) is 30.1 Å². The van der Waals surface area contributed by atoms with Crippen LogP contribution in [0.3, 0.4) is 0 Å². The van der Waals surface area contributed by atoms with Crippen LogP contribution in [-0.4, -0.2) is 37.5 Å². The van der Waals surface area contributed by atoms with E-state index in [4.69, 9.17) is 5.11 Å². The third-order valence-electron chi connectivity index (χ3n) is 2.57. The molecule has 0 saturated heterocycles. The summed E-state index contributed by atoms with van der Waals surface area (Å²) in [5.74, 6) is -0.466. The summed E-state index contributed by atoms with van der Waals surface area (Å²) in [6, 6.07) is 7.16. The van der Waals surface area contributed by atoms with E-state index in [0.29, 0.717) is 16.7 Å². The number of nitrogens with one attached hydrogen (secondary N) is 1. The van der Waals surface area contributed by atoms with Crippen LogP contribution in [0.15, 0.2) is 29.4 Å². The van der Waals surface area contributed by atoms with Crippen LogP contribution in [0.5, 0.6) is 0 Å². The molecule has 0 saturated carbocycles. The number of amides is 1. The molecule has 1 heterocycles. The van der Waals surface area contributed by atoms with Gasteiger partial charge in [0.1, 0.15) is 5.82 Å². The van der Waals surface area contributed by atoms with Crippen LogP contribution < -0.4 is 5.32 Å². The second kappa shape index (κ2) is 6.40. The average Bonchev–Trinajstić information content (AvgIpc) is 2.78. The number of benzene rings is 1. The number of carbonyl (C=O) groups excluding carboxylic acids is 1. The van der Waals surface area contributed by atoms with E-state index in [1.807, 2.05) is 12.1 Å². The van der Waals surface area contributed by atoms with Gasteiger partial charge in [-0.25, -0.2) is 0 Å². The second-order valence-electron chi connectivity index (χ2n) is 4.28. The molecule has 2 aromatic rings. The average molecular weight is 306 g/mol. The zero-order valence-corrected chi connectivity index (χ0v) is 12.3. The summed E-state index contributed by atoms with van der Waals surface area (Å²) >= 11 is 1.11. The highest BCUT2D eigenvalue weighted by molar-refractivity contribution is 7.99. The Labute approximate surface area is 125 Å². The number of thioether (sulfide) groups is 1. The number of carboxylic acid groups (broad SMARTS) is 1. The van der Waals surface area contributed by atoms with Crippen molar-refractivity contribution in [3.8, 4) is 5.69 Å². The fourth-order valence-electron chi connectivity index (χ4n) is 1.76. The number of carbonyl (C=O) groups is 2. The van der Waals surface area contributed by atoms with Crippen molar-refractivity contribution in [1.29, 1.82) is 0 Å². The van der Waals surface area contributed by atoms with Crippen LogP contribution in [0, 0.1) is 6.92 Å². The molecular weight excluding hydrogens is 292 g/mol. The lowest BCUT2D eigenvalue weighted by Gasteiger charge is -2.09. The molecule has 1 aromatic heterocycles. The molecule has 21 heavy (non-hydrogen) atoms. The third-order valence-corrected chi connectivity index (χ3v) is 3.48. The van der Waals surface area contributed by atoms with Gasteiger partial charge in [0.05, 0.1) is 5.75 Å². The Morgan fingerprint density at radius 1 is 1.29 bits per heavy atom. The Morgan fingerprint density at radius 3 is 2.52 bits per heavy atom. The van der Waals surface area contributed by atoms with Gasteiger partial charge < -0.3 is 10.4 Å². The van der Waals surface area contributed by atoms with E-state index in [2.05, 4.69) is 15.5 Å². The topological polar surface area (TPSA) is 97.1 Å². The van der Waals surface area contributed by atoms with Crippen LogP contribution in [0.2, 0.25) is 0 Å². The Bertz CT molecular complexity index is 667. The normalized spacial score (nSPS) is 10.4. The predicted octanol–water partition coefficient (Wildman–Crippen LogP) is 1.71. The Kier molecular flexibility index (Phi) is 4.59. The number of aromatic nitrogens is 3. The van der Waals surface area contributed by atoms with Crippen LogP contribution >= 0.6 is 11.8 Å². The minimum atomic E-state index is -0.909. The molecule has 2 rings (SSSR count). The fraction of sp³-hybridized carbons (Fsp3) is 0.231. The number of aryl methyl sites for hydroxylation is 1. The third kappa shape index (κ3) is 3.82. The van der Waals surface area contributed by atoms with E-state index in [1.54, 1.807) is 23.6 Å². The molecule has 8 heteroatoms. The second-order valence-corrected chi connectivity index (χ2v) is 5.22. The number of hydrogen-bond donors (Lipinski definition) is 2. The predicted molar refractivity (Wildman–Crippen MR) is 78.8 cm³/mol. The minimum absolute atomic E-state index is 0.0812. The molecule has 1 aromatic carbocycles. The van der Waals surface area contributed by atoms with Gasteiger partial charge in [0.15, 0.2) is 5.16 Å². The van der Waals surface area contributed by atoms with E-state index in [1.165, 1.54) is 6.92 Å². The number of rotatable bonds is 5. The summed E-state index contributed by atoms with van der Waals surface area (Å²) in [6.07, 6.45) is 0. The van der Waals surface area contributed by atoms with Crippen LogP contribution in [0.25, 0.3) is 5.69 Å². The van der Waals surface area contributed by atoms with Crippen molar-refractivity contribution in [2.75, 3.05) is 11.1 Å². The van der Waals surface area contributed by atoms with Gasteiger partial charge >= 0.3 is 5.97 Å². The van der Waals surface area contributed by atoms with Crippen LogP contribution in [0.1, 0.15) is 12.7 Å². The zero-order valence-electron chi connectivity index (χ0n) is 11.5. The first-order valence-corrected chi connectivity index (χ1v) is 7.10. The molecule has 0 spiro atoms. The molecule has 7 nitrogen and oxygen atoms in total. The Balaban J connectivity index is 2.26. The minimum Gasteiger partial charge on any atom is -0.481 e. The van der Waals surface area contributed by atoms with Gasteiger partial charge in [-0.15, -0.1) is 10.2 Å². The summed E-state index contributed by atoms with van der Waals surface area (Å²) in [7, 11) is 0. The summed E-state index contributed by atoms with van der Waals surface area (Å²) in [5.41, 5.74) is 1.50. The summed E-state index contributed by atoms with van der Waals surface area (Å²) in [6.45, 7) is 3.23. The highest BCUT2D eigenvalue weighted by atomic mass is 32.2. The molecule has 0 aliphatic heterocycles. The number of carboxylic acids is 1. The van der Waals surface area contributed by atoms with Gasteiger partial charge in [0.25, 0.3) is 0 Å². The number of nitrogens with zero attached hydrogens (tertiary/aromatic N) is 3. The maximum absolute atomic E-state index is 11.0. The van der Waals surface area contributed by atoms with Crippen molar-refractivity contribution in [2.45, 2.75) is 19.0 Å². The summed E-state index contributed by atoms with van der Waals surface area (Å²) in [5, 5.41) is 19.9. The van der Waals surface area contributed by atoms with Crippen molar-refractivity contribution in [1.82, 2.24) is 14.8 Å². The molecule has 0 aliphatic rings. The van der Waals surface area contributed by atoms with E-state index in [0.717, 1.165) is 17.4 Å². The standard InChI is InChI=1S/C13H14N4O3S/c1-8-15-16-13(21-7-12(19)20)17(8)11-5-3-10(4-6-11)14-9(2)18/h3-6H,7H2,1-2H3,(H,14,18)(H,19,20). The molecule has 1 amide bonds. The van der Waals surface area contributed by atoms with Gasteiger partial charge in [-0.3, -0.25) is 14.2 Å². The highest BCUT2D eigenvalue weighted by Gasteiger charge is 2.12. The number of anilines is 1. The number of aliphatic carboxylic acids is 1. The van der Waals surface area contributed by atoms with Crippen LogP contribution in [-0.2, 0) is 9.59 Å². The van der Waals surface area contributed by atoms with E-state index >= 15 is 0 Å². The first-order chi connectivity index (χ1) is 9.97. The quantitative estimate of drug-likeness (QED) is 0.816. The summed E-state index contributed by atoms with van der Waals surface area (Å²) in [4.78, 5) is 21.6. The lowest BCUT2D eigenvalue weighted by molar-refractivity contribution is -0.133. The molecule has 0 unspecified atom stereocenters. The molecule has 0 radical (unpaired) electrons. The largest absolute Gasteiger partial charge is 0.481 e. The summed E-state index contributed by atoms with van der Waals surface area (Å²) < 4.78 is 1.77. The molecule has 110 valence electrons. The smallest absolute Gasteiger partial charge is 0.313 e.